The predicted octanol–water partition coefficient (Wildman–Crippen LogP) is 3.84. The van der Waals surface area contributed by atoms with Crippen molar-refractivity contribution in [2.24, 2.45) is 0 Å². The summed E-state index contributed by atoms with van der Waals surface area (Å²) in [7, 11) is -1.07. The van der Waals surface area contributed by atoms with Crippen LogP contribution in [0.5, 0.6) is 0 Å². The third kappa shape index (κ3) is 4.02. The average Bonchev–Trinajstić information content (AvgIpc) is 2.44. The monoisotopic (exact) mass is 302 g/mol. The lowest BCUT2D eigenvalue weighted by atomic mass is 10.1. The average molecular weight is 302 g/mol. The Kier molecular flexibility index (Phi) is 5.32. The lowest BCUT2D eigenvalue weighted by Crippen LogP contribution is -2.07. The minimum atomic E-state index is -1.07. The molecule has 0 saturated carbocycles. The van der Waals surface area contributed by atoms with Gasteiger partial charge in [-0.3, -0.25) is 4.21 Å². The van der Waals surface area contributed by atoms with Crippen LogP contribution in [-0.2, 0) is 10.8 Å². The largest absolute Gasteiger partial charge is 0.388 e. The molecule has 0 aromatic heterocycles. The summed E-state index contributed by atoms with van der Waals surface area (Å²) >= 11 is 0. The van der Waals surface area contributed by atoms with Crippen molar-refractivity contribution in [3.8, 4) is 0 Å². The van der Waals surface area contributed by atoms with Gasteiger partial charge in [-0.15, -0.1) is 0 Å². The fourth-order valence-electron chi connectivity index (χ4n) is 2.69. The smallest absolute Gasteiger partial charge is 0.0799 e. The summed E-state index contributed by atoms with van der Waals surface area (Å²) < 4.78 is 12.5. The van der Waals surface area contributed by atoms with Crippen LogP contribution < -0.4 is 0 Å². The highest BCUT2D eigenvalue weighted by Crippen LogP contribution is 2.23. The van der Waals surface area contributed by atoms with Gasteiger partial charge in [0, 0.05) is 10.6 Å². The minimum Gasteiger partial charge on any atom is -0.388 e. The van der Waals surface area contributed by atoms with E-state index in [1.807, 2.05) is 51.1 Å². The molecule has 0 amide bonds. The number of hydrogen-bond acceptors (Lipinski definition) is 2. The molecule has 0 bridgehead atoms. The molecule has 2 aromatic carbocycles. The summed E-state index contributed by atoms with van der Waals surface area (Å²) in [5, 5.41) is 10.2. The van der Waals surface area contributed by atoms with Crippen LogP contribution in [0.3, 0.4) is 0 Å². The SMILES string of the molecule is Cc1cc(C)c(S(=O)CC[C@H](O)c2ccccc2)c(C)c1. The Bertz CT molecular complexity index is 612. The van der Waals surface area contributed by atoms with E-state index in [0.29, 0.717) is 12.2 Å². The normalized spacial score (nSPS) is 13.9. The van der Waals surface area contributed by atoms with Crippen LogP contribution in [0.2, 0.25) is 0 Å². The summed E-state index contributed by atoms with van der Waals surface area (Å²) in [6.07, 6.45) is -0.0511. The molecule has 21 heavy (non-hydrogen) atoms. The van der Waals surface area contributed by atoms with Gasteiger partial charge in [-0.25, -0.2) is 0 Å². The number of benzene rings is 2. The molecule has 3 heteroatoms. The first-order valence-electron chi connectivity index (χ1n) is 7.18. The Labute approximate surface area is 129 Å². The second kappa shape index (κ2) is 7.01. The summed E-state index contributed by atoms with van der Waals surface area (Å²) in [4.78, 5) is 0.917. The summed E-state index contributed by atoms with van der Waals surface area (Å²) in [6.45, 7) is 6.05. The van der Waals surface area contributed by atoms with E-state index in [2.05, 4.69) is 12.1 Å². The molecule has 1 N–H and O–H groups in total. The van der Waals surface area contributed by atoms with E-state index in [-0.39, 0.29) is 0 Å². The number of aliphatic hydroxyl groups is 1. The molecule has 2 aromatic rings. The van der Waals surface area contributed by atoms with Crippen molar-refractivity contribution in [1.82, 2.24) is 0 Å². The van der Waals surface area contributed by atoms with Gasteiger partial charge in [0.2, 0.25) is 0 Å². The Morgan fingerprint density at radius 3 is 2.19 bits per heavy atom. The number of aryl methyl sites for hydroxylation is 3. The number of hydrogen-bond donors (Lipinski definition) is 1. The Morgan fingerprint density at radius 2 is 1.62 bits per heavy atom. The second-order valence-electron chi connectivity index (χ2n) is 5.49. The highest BCUT2D eigenvalue weighted by Gasteiger charge is 2.14. The zero-order valence-corrected chi connectivity index (χ0v) is 13.6. The van der Waals surface area contributed by atoms with Crippen molar-refractivity contribution in [1.29, 1.82) is 0 Å². The molecule has 0 saturated heterocycles. The van der Waals surface area contributed by atoms with Crippen molar-refractivity contribution < 1.29 is 9.32 Å². The molecule has 0 aliphatic heterocycles. The summed E-state index contributed by atoms with van der Waals surface area (Å²) in [6, 6.07) is 13.7. The van der Waals surface area contributed by atoms with Crippen LogP contribution in [0.15, 0.2) is 47.4 Å². The molecule has 0 fully saturated rings. The molecular weight excluding hydrogens is 280 g/mol. The standard InChI is InChI=1S/C18H22O2S/c1-13-11-14(2)18(15(3)12-13)21(20)10-9-17(19)16-7-5-4-6-8-16/h4-8,11-12,17,19H,9-10H2,1-3H3/t17-,21?/m0/s1. The maximum absolute atomic E-state index is 12.5. The van der Waals surface area contributed by atoms with Gasteiger partial charge in [-0.1, -0.05) is 48.0 Å². The Balaban J connectivity index is 2.06. The van der Waals surface area contributed by atoms with Gasteiger partial charge in [0.05, 0.1) is 16.9 Å². The van der Waals surface area contributed by atoms with Gasteiger partial charge < -0.3 is 5.11 Å². The Hall–Kier alpha value is -1.45. The quantitative estimate of drug-likeness (QED) is 0.911. The van der Waals surface area contributed by atoms with E-state index in [4.69, 9.17) is 0 Å². The van der Waals surface area contributed by atoms with Crippen LogP contribution >= 0.6 is 0 Å². The van der Waals surface area contributed by atoms with Crippen molar-refractivity contribution in [2.75, 3.05) is 5.75 Å². The van der Waals surface area contributed by atoms with Gasteiger partial charge >= 0.3 is 0 Å². The van der Waals surface area contributed by atoms with Gasteiger partial charge in [0.1, 0.15) is 0 Å². The first-order chi connectivity index (χ1) is 9.99. The fourth-order valence-corrected chi connectivity index (χ4v) is 4.17. The molecule has 0 radical (unpaired) electrons. The third-order valence-electron chi connectivity index (χ3n) is 3.59. The van der Waals surface area contributed by atoms with Gasteiger partial charge in [0.25, 0.3) is 0 Å². The van der Waals surface area contributed by atoms with Crippen molar-refractivity contribution in [3.63, 3.8) is 0 Å². The van der Waals surface area contributed by atoms with E-state index < -0.39 is 16.9 Å². The number of aliphatic hydroxyl groups excluding tert-OH is 1. The maximum atomic E-state index is 12.5. The first kappa shape index (κ1) is 15.9. The summed E-state index contributed by atoms with van der Waals surface area (Å²) in [5.74, 6) is 0.473. The van der Waals surface area contributed by atoms with Gasteiger partial charge in [-0.05, 0) is 43.9 Å². The van der Waals surface area contributed by atoms with Crippen LogP contribution in [0.4, 0.5) is 0 Å². The minimum absolute atomic E-state index is 0.473. The lowest BCUT2D eigenvalue weighted by Gasteiger charge is -2.13. The Morgan fingerprint density at radius 1 is 1.05 bits per heavy atom. The molecule has 0 aliphatic carbocycles. The number of rotatable bonds is 5. The van der Waals surface area contributed by atoms with Crippen molar-refractivity contribution >= 4 is 10.8 Å². The molecular formula is C18H22O2S. The fraction of sp³-hybridized carbons (Fsp3) is 0.333. The van der Waals surface area contributed by atoms with Crippen molar-refractivity contribution in [3.05, 3.63) is 64.7 Å². The van der Waals surface area contributed by atoms with Gasteiger partial charge in [-0.2, -0.15) is 0 Å². The first-order valence-corrected chi connectivity index (χ1v) is 8.50. The van der Waals surface area contributed by atoms with E-state index in [0.717, 1.165) is 21.6 Å². The highest BCUT2D eigenvalue weighted by atomic mass is 32.2. The zero-order chi connectivity index (χ0) is 15.4. The van der Waals surface area contributed by atoms with Crippen LogP contribution in [-0.4, -0.2) is 15.1 Å². The van der Waals surface area contributed by atoms with E-state index in [1.165, 1.54) is 5.56 Å². The van der Waals surface area contributed by atoms with Gasteiger partial charge in [0.15, 0.2) is 0 Å². The maximum Gasteiger partial charge on any atom is 0.0799 e. The highest BCUT2D eigenvalue weighted by molar-refractivity contribution is 7.85. The molecule has 2 rings (SSSR count). The molecule has 2 atom stereocenters. The van der Waals surface area contributed by atoms with Crippen LogP contribution in [0.1, 0.15) is 34.8 Å². The molecule has 0 aliphatic rings. The zero-order valence-electron chi connectivity index (χ0n) is 12.8. The van der Waals surface area contributed by atoms with E-state index in [1.54, 1.807) is 0 Å². The lowest BCUT2D eigenvalue weighted by molar-refractivity contribution is 0.174. The van der Waals surface area contributed by atoms with Crippen molar-refractivity contribution in [2.45, 2.75) is 38.2 Å². The van der Waals surface area contributed by atoms with Crippen LogP contribution in [0, 0.1) is 20.8 Å². The molecule has 2 nitrogen and oxygen atoms in total. The predicted molar refractivity (Wildman–Crippen MR) is 87.9 cm³/mol. The molecule has 112 valence electrons. The van der Waals surface area contributed by atoms with E-state index >= 15 is 0 Å². The second-order valence-corrected chi connectivity index (χ2v) is 7.00. The topological polar surface area (TPSA) is 37.3 Å². The van der Waals surface area contributed by atoms with Crippen LogP contribution in [0.25, 0.3) is 0 Å². The molecule has 1 unspecified atom stereocenters. The molecule has 0 spiro atoms. The summed E-state index contributed by atoms with van der Waals surface area (Å²) in [5.41, 5.74) is 4.21. The molecule has 0 heterocycles. The third-order valence-corrected chi connectivity index (χ3v) is 5.30. The van der Waals surface area contributed by atoms with E-state index in [9.17, 15) is 9.32 Å².